The van der Waals surface area contributed by atoms with Crippen LogP contribution in [0, 0.1) is 56.7 Å². The molecule has 0 unspecified atom stereocenters. The van der Waals surface area contributed by atoms with Crippen LogP contribution in [0.4, 0.5) is 0 Å². The second kappa shape index (κ2) is 9.42. The summed E-state index contributed by atoms with van der Waals surface area (Å²) in [5.74, 6) is 2.55. The summed E-state index contributed by atoms with van der Waals surface area (Å²) in [5, 5.41) is 0. The van der Waals surface area contributed by atoms with E-state index >= 15 is 0 Å². The molecule has 0 bridgehead atoms. The van der Waals surface area contributed by atoms with E-state index in [1.54, 1.807) is 7.11 Å². The number of carbonyl (C=O) groups excluding carboxylic acids is 2. The molecule has 0 radical (unpaired) electrons. The van der Waals surface area contributed by atoms with Crippen molar-refractivity contribution in [2.75, 3.05) is 7.11 Å². The molecule has 3 nitrogen and oxygen atoms in total. The smallest absolute Gasteiger partial charge is 0.312 e. The van der Waals surface area contributed by atoms with Crippen molar-refractivity contribution in [2.24, 2.45) is 56.7 Å². The maximum atomic E-state index is 14.0. The number of allylic oxidation sites excluding steroid dienone is 2. The number of Topliss-reactive ketones (excluding diaryl/α,β-unsaturated/α-hetero) is 1. The van der Waals surface area contributed by atoms with E-state index in [9.17, 15) is 9.59 Å². The summed E-state index contributed by atoms with van der Waals surface area (Å²) in [6.07, 6.45) is 11.7. The summed E-state index contributed by atoms with van der Waals surface area (Å²) >= 11 is 0. The van der Waals surface area contributed by atoms with Gasteiger partial charge in [0.1, 0.15) is 0 Å². The Bertz CT molecular complexity index is 1290. The van der Waals surface area contributed by atoms with Crippen molar-refractivity contribution >= 4 is 17.8 Å². The zero-order valence-corrected chi connectivity index (χ0v) is 26.6. The van der Waals surface area contributed by atoms with Crippen LogP contribution in [0.2, 0.25) is 0 Å². The minimum atomic E-state index is -0.365. The standard InChI is InChI=1S/C38H52O3/c1-24(2)27-16-19-38(33(40)41-8)21-20-36(6)28(31(27)38)14-15-30-35(5)23-26(22-25-12-10-9-11-13-25)32(39)34(3,4)29(35)17-18-37(30,36)7/h9-13,22,27-31H,1,14-21,23H2,2-8H3/b26-22-/t27-,28+,29+,30+,31+,35-,36+,37+,38-/m0/s1. The predicted molar refractivity (Wildman–Crippen MR) is 166 cm³/mol. The second-order valence-electron chi connectivity index (χ2n) is 16.1. The Kier molecular flexibility index (Phi) is 6.65. The first-order valence-corrected chi connectivity index (χ1v) is 16.3. The second-order valence-corrected chi connectivity index (χ2v) is 16.1. The fraction of sp³-hybridized carbons (Fsp3) is 0.684. The van der Waals surface area contributed by atoms with Crippen molar-refractivity contribution in [3.63, 3.8) is 0 Å². The van der Waals surface area contributed by atoms with Crippen LogP contribution in [0.5, 0.6) is 0 Å². The van der Waals surface area contributed by atoms with Gasteiger partial charge in [0.2, 0.25) is 0 Å². The molecular weight excluding hydrogens is 504 g/mol. The topological polar surface area (TPSA) is 43.4 Å². The number of ether oxygens (including phenoxy) is 1. The zero-order chi connectivity index (χ0) is 29.6. The van der Waals surface area contributed by atoms with E-state index in [-0.39, 0.29) is 33.0 Å². The normalized spacial score (nSPS) is 45.7. The van der Waals surface area contributed by atoms with Crippen LogP contribution < -0.4 is 0 Å². The predicted octanol–water partition coefficient (Wildman–Crippen LogP) is 9.08. The molecular formula is C38H52O3. The molecule has 0 heterocycles. The number of esters is 1. The van der Waals surface area contributed by atoms with E-state index in [0.29, 0.717) is 35.4 Å². The lowest BCUT2D eigenvalue weighted by Gasteiger charge is -2.72. The van der Waals surface area contributed by atoms with E-state index in [1.807, 2.05) is 6.07 Å². The number of carbonyl (C=O) groups is 2. The third-order valence-corrected chi connectivity index (χ3v) is 14.4. The summed E-state index contributed by atoms with van der Waals surface area (Å²) in [7, 11) is 1.59. The molecule has 0 N–H and O–H groups in total. The molecule has 1 aromatic rings. The monoisotopic (exact) mass is 556 g/mol. The lowest BCUT2D eigenvalue weighted by atomic mass is 9.32. The van der Waals surface area contributed by atoms with Crippen molar-refractivity contribution in [3.8, 4) is 0 Å². The number of benzene rings is 1. The first-order valence-electron chi connectivity index (χ1n) is 16.3. The first kappa shape index (κ1) is 28.9. The van der Waals surface area contributed by atoms with Gasteiger partial charge in [-0.1, -0.05) is 77.1 Å². The maximum Gasteiger partial charge on any atom is 0.312 e. The summed E-state index contributed by atoms with van der Waals surface area (Å²) in [5.41, 5.74) is 3.06. The molecule has 5 aliphatic carbocycles. The molecule has 0 aromatic heterocycles. The lowest BCUT2D eigenvalue weighted by Crippen LogP contribution is -2.67. The summed E-state index contributed by atoms with van der Waals surface area (Å²) in [6.45, 7) is 18.9. The van der Waals surface area contributed by atoms with Gasteiger partial charge in [0.05, 0.1) is 12.5 Å². The van der Waals surface area contributed by atoms with Crippen molar-refractivity contribution < 1.29 is 14.3 Å². The Balaban J connectivity index is 1.42. The average molecular weight is 557 g/mol. The molecule has 5 saturated carbocycles. The molecule has 3 heteroatoms. The fourth-order valence-electron chi connectivity index (χ4n) is 12.4. The van der Waals surface area contributed by atoms with Crippen molar-refractivity contribution in [3.05, 3.63) is 53.6 Å². The average Bonchev–Trinajstić information content (AvgIpc) is 3.33. The van der Waals surface area contributed by atoms with Gasteiger partial charge in [-0.25, -0.2) is 0 Å². The number of ketones is 1. The summed E-state index contributed by atoms with van der Waals surface area (Å²) in [6, 6.07) is 10.4. The van der Waals surface area contributed by atoms with Crippen molar-refractivity contribution in [1.29, 1.82) is 0 Å². The Morgan fingerprint density at radius 2 is 1.61 bits per heavy atom. The molecule has 0 amide bonds. The molecule has 41 heavy (non-hydrogen) atoms. The van der Waals surface area contributed by atoms with Crippen LogP contribution >= 0.6 is 0 Å². The van der Waals surface area contributed by atoms with E-state index in [2.05, 4.69) is 78.5 Å². The molecule has 0 saturated heterocycles. The van der Waals surface area contributed by atoms with Gasteiger partial charge in [0, 0.05) is 5.41 Å². The van der Waals surface area contributed by atoms with E-state index in [1.165, 1.54) is 24.8 Å². The van der Waals surface area contributed by atoms with E-state index < -0.39 is 0 Å². The van der Waals surface area contributed by atoms with Crippen molar-refractivity contribution in [1.82, 2.24) is 0 Å². The van der Waals surface area contributed by atoms with Gasteiger partial charge in [-0.05, 0) is 128 Å². The third-order valence-electron chi connectivity index (χ3n) is 14.4. The van der Waals surface area contributed by atoms with Gasteiger partial charge < -0.3 is 4.74 Å². The highest BCUT2D eigenvalue weighted by Crippen LogP contribution is 2.77. The van der Waals surface area contributed by atoms with Crippen LogP contribution in [-0.2, 0) is 14.3 Å². The number of hydrogen-bond acceptors (Lipinski definition) is 3. The number of fused-ring (bicyclic) bond motifs is 7. The quantitative estimate of drug-likeness (QED) is 0.212. The van der Waals surface area contributed by atoms with Crippen LogP contribution in [0.3, 0.4) is 0 Å². The molecule has 1 aromatic carbocycles. The number of rotatable bonds is 3. The molecule has 0 spiro atoms. The Morgan fingerprint density at radius 1 is 0.902 bits per heavy atom. The van der Waals surface area contributed by atoms with Gasteiger partial charge in [-0.15, -0.1) is 0 Å². The van der Waals surface area contributed by atoms with Crippen LogP contribution in [-0.4, -0.2) is 18.9 Å². The molecule has 0 aliphatic heterocycles. The third kappa shape index (κ3) is 3.75. The first-order chi connectivity index (χ1) is 19.3. The summed E-state index contributed by atoms with van der Waals surface area (Å²) < 4.78 is 5.54. The largest absolute Gasteiger partial charge is 0.469 e. The van der Waals surface area contributed by atoms with Gasteiger partial charge in [-0.3, -0.25) is 9.59 Å². The minimum Gasteiger partial charge on any atom is -0.469 e. The molecule has 9 atom stereocenters. The molecule has 5 aliphatic rings. The number of methoxy groups -OCH3 is 1. The maximum absolute atomic E-state index is 14.0. The highest BCUT2D eigenvalue weighted by Gasteiger charge is 2.72. The molecule has 6 rings (SSSR count). The highest BCUT2D eigenvalue weighted by molar-refractivity contribution is 6.04. The Hall–Kier alpha value is -2.16. The van der Waals surface area contributed by atoms with Gasteiger partial charge in [0.15, 0.2) is 5.78 Å². The fourth-order valence-corrected chi connectivity index (χ4v) is 12.4. The Morgan fingerprint density at radius 3 is 2.27 bits per heavy atom. The van der Waals surface area contributed by atoms with Gasteiger partial charge >= 0.3 is 5.97 Å². The van der Waals surface area contributed by atoms with Crippen LogP contribution in [0.25, 0.3) is 6.08 Å². The number of hydrogen-bond donors (Lipinski definition) is 0. The highest BCUT2D eigenvalue weighted by atomic mass is 16.5. The summed E-state index contributed by atoms with van der Waals surface area (Å²) in [4.78, 5) is 27.5. The van der Waals surface area contributed by atoms with E-state index in [4.69, 9.17) is 4.74 Å². The Labute approximate surface area is 248 Å². The van der Waals surface area contributed by atoms with Gasteiger partial charge in [0.25, 0.3) is 0 Å². The van der Waals surface area contributed by atoms with Crippen molar-refractivity contribution in [2.45, 2.75) is 99.3 Å². The molecule has 5 fully saturated rings. The SMILES string of the molecule is C=C(C)[C@@H]1CC[C@]2(C(=O)OC)CC[C@]3(C)[C@H](CC[C@@H]4[C@@]5(C)C/C(=C/c6ccccc6)C(=O)C(C)(C)[C@H]5CC[C@]43C)[C@@H]12. The lowest BCUT2D eigenvalue weighted by molar-refractivity contribution is -0.232. The van der Waals surface area contributed by atoms with E-state index in [0.717, 1.165) is 49.7 Å². The minimum absolute atomic E-state index is 0.0273. The molecule has 222 valence electrons. The van der Waals surface area contributed by atoms with Crippen LogP contribution in [0.1, 0.15) is 105 Å². The van der Waals surface area contributed by atoms with Gasteiger partial charge in [-0.2, -0.15) is 0 Å². The van der Waals surface area contributed by atoms with Crippen LogP contribution in [0.15, 0.2) is 48.1 Å². The zero-order valence-electron chi connectivity index (χ0n) is 26.6.